The smallest absolute Gasteiger partial charge is 0.229 e. The van der Waals surface area contributed by atoms with E-state index in [-0.39, 0.29) is 21.0 Å². The molecule has 5 aromatic rings. The Morgan fingerprint density at radius 2 is 1.60 bits per heavy atom. The van der Waals surface area contributed by atoms with Gasteiger partial charge in [-0.2, -0.15) is 4.52 Å². The Labute approximate surface area is 204 Å². The topological polar surface area (TPSA) is 89.2 Å². The summed E-state index contributed by atoms with van der Waals surface area (Å²) in [6, 6.07) is 22.6. The zero-order chi connectivity index (χ0) is 24.8. The summed E-state index contributed by atoms with van der Waals surface area (Å²) >= 11 is 0. The van der Waals surface area contributed by atoms with E-state index in [2.05, 4.69) is 55.5 Å². The third-order valence-electron chi connectivity index (χ3n) is 6.13. The summed E-state index contributed by atoms with van der Waals surface area (Å²) in [5.74, 6) is 0.541. The molecule has 0 aliphatic carbocycles. The fourth-order valence-electron chi connectivity index (χ4n) is 4.02. The van der Waals surface area contributed by atoms with Crippen molar-refractivity contribution in [1.82, 2.24) is 19.8 Å². The van der Waals surface area contributed by atoms with Crippen molar-refractivity contribution < 1.29 is 8.42 Å². The van der Waals surface area contributed by atoms with Gasteiger partial charge in [-0.1, -0.05) is 69.3 Å². The number of para-hydroxylation sites is 1. The standard InChI is InChI=1S/C27H27N5O2S/c1-5-18-10-14-20(15-11-18)28-24-22-8-6-7-9-23(22)32-25(29-24)26(30-31-32)35(33,34)21-16-12-19(13-17-21)27(2,3)4/h6-17H,5H2,1-4H3,(H,28,29). The number of benzene rings is 3. The first-order valence-corrected chi connectivity index (χ1v) is 13.0. The van der Waals surface area contributed by atoms with E-state index in [9.17, 15) is 8.42 Å². The number of anilines is 2. The first kappa shape index (κ1) is 23.0. The van der Waals surface area contributed by atoms with Gasteiger partial charge in [0, 0.05) is 11.1 Å². The molecule has 8 heteroatoms. The number of hydrogen-bond donors (Lipinski definition) is 1. The molecule has 35 heavy (non-hydrogen) atoms. The minimum atomic E-state index is -3.94. The maximum atomic E-state index is 13.6. The van der Waals surface area contributed by atoms with Gasteiger partial charge in [-0.25, -0.2) is 13.4 Å². The Balaban J connectivity index is 1.65. The van der Waals surface area contributed by atoms with Gasteiger partial charge in [-0.15, -0.1) is 5.10 Å². The van der Waals surface area contributed by atoms with E-state index >= 15 is 0 Å². The van der Waals surface area contributed by atoms with Gasteiger partial charge in [0.15, 0.2) is 5.65 Å². The third kappa shape index (κ3) is 4.14. The quantitative estimate of drug-likeness (QED) is 0.343. The lowest BCUT2D eigenvalue weighted by Gasteiger charge is -2.19. The van der Waals surface area contributed by atoms with Crippen molar-refractivity contribution in [1.29, 1.82) is 0 Å². The van der Waals surface area contributed by atoms with Crippen LogP contribution in [0.15, 0.2) is 82.7 Å². The zero-order valence-electron chi connectivity index (χ0n) is 20.1. The molecular formula is C27H27N5O2S. The molecule has 0 atom stereocenters. The average molecular weight is 486 g/mol. The second-order valence-electron chi connectivity index (χ2n) is 9.56. The number of aryl methyl sites for hydroxylation is 1. The lowest BCUT2D eigenvalue weighted by atomic mass is 9.87. The van der Waals surface area contributed by atoms with Crippen molar-refractivity contribution in [3.63, 3.8) is 0 Å². The van der Waals surface area contributed by atoms with Crippen LogP contribution < -0.4 is 5.32 Å². The molecule has 0 radical (unpaired) electrons. The molecule has 0 aliphatic rings. The summed E-state index contributed by atoms with van der Waals surface area (Å²) < 4.78 is 28.6. The fourth-order valence-corrected chi connectivity index (χ4v) is 5.25. The minimum Gasteiger partial charge on any atom is -0.340 e. The Morgan fingerprint density at radius 3 is 2.26 bits per heavy atom. The van der Waals surface area contributed by atoms with E-state index in [1.54, 1.807) is 12.1 Å². The van der Waals surface area contributed by atoms with Crippen LogP contribution in [0.4, 0.5) is 11.5 Å². The van der Waals surface area contributed by atoms with Gasteiger partial charge in [0.05, 0.1) is 10.4 Å². The molecule has 1 N–H and O–H groups in total. The van der Waals surface area contributed by atoms with E-state index in [0.29, 0.717) is 11.3 Å². The molecular weight excluding hydrogens is 458 g/mol. The van der Waals surface area contributed by atoms with E-state index in [1.165, 1.54) is 10.1 Å². The molecule has 0 aliphatic heterocycles. The molecule has 178 valence electrons. The van der Waals surface area contributed by atoms with Crippen LogP contribution >= 0.6 is 0 Å². The number of hydrogen-bond acceptors (Lipinski definition) is 6. The van der Waals surface area contributed by atoms with Crippen LogP contribution in [-0.4, -0.2) is 28.2 Å². The highest BCUT2D eigenvalue weighted by Crippen LogP contribution is 2.30. The Bertz CT molecular complexity index is 1630. The summed E-state index contributed by atoms with van der Waals surface area (Å²) in [6.07, 6.45) is 0.951. The van der Waals surface area contributed by atoms with Gasteiger partial charge in [-0.3, -0.25) is 0 Å². The number of rotatable bonds is 5. The normalized spacial score (nSPS) is 12.3. The number of nitrogens with zero attached hydrogens (tertiary/aromatic N) is 4. The first-order valence-electron chi connectivity index (χ1n) is 11.5. The molecule has 0 bridgehead atoms. The molecule has 0 saturated heterocycles. The molecule has 2 heterocycles. The number of aromatic nitrogens is 4. The Morgan fingerprint density at radius 1 is 0.914 bits per heavy atom. The van der Waals surface area contributed by atoms with Gasteiger partial charge >= 0.3 is 0 Å². The Kier molecular flexibility index (Phi) is 5.56. The molecule has 0 saturated carbocycles. The van der Waals surface area contributed by atoms with E-state index in [4.69, 9.17) is 4.98 Å². The Hall–Kier alpha value is -3.78. The summed E-state index contributed by atoms with van der Waals surface area (Å²) in [5, 5.41) is 12.2. The van der Waals surface area contributed by atoms with Gasteiger partial charge in [-0.05, 0) is 59.4 Å². The van der Waals surface area contributed by atoms with Crippen molar-refractivity contribution in [3.05, 3.63) is 83.9 Å². The maximum Gasteiger partial charge on any atom is 0.229 e. The molecule has 5 rings (SSSR count). The molecule has 0 amide bonds. The van der Waals surface area contributed by atoms with E-state index < -0.39 is 9.84 Å². The van der Waals surface area contributed by atoms with Crippen LogP contribution in [0.5, 0.6) is 0 Å². The largest absolute Gasteiger partial charge is 0.340 e. The zero-order valence-corrected chi connectivity index (χ0v) is 21.0. The molecule has 0 spiro atoms. The average Bonchev–Trinajstić information content (AvgIpc) is 3.29. The lowest BCUT2D eigenvalue weighted by molar-refractivity contribution is 0.585. The number of sulfone groups is 1. The van der Waals surface area contributed by atoms with Crippen molar-refractivity contribution >= 4 is 37.9 Å². The molecule has 0 fully saturated rings. The molecule has 7 nitrogen and oxygen atoms in total. The second-order valence-corrected chi connectivity index (χ2v) is 11.4. The highest BCUT2D eigenvalue weighted by Gasteiger charge is 2.27. The maximum absolute atomic E-state index is 13.6. The first-order chi connectivity index (χ1) is 16.7. The van der Waals surface area contributed by atoms with Crippen LogP contribution in [-0.2, 0) is 21.7 Å². The SMILES string of the molecule is CCc1ccc(Nc2nc3c(S(=O)(=O)c4ccc(C(C)(C)C)cc4)nnn3c3ccccc23)cc1. The van der Waals surface area contributed by atoms with Crippen LogP contribution in [0, 0.1) is 0 Å². The predicted octanol–water partition coefficient (Wildman–Crippen LogP) is 5.71. The van der Waals surface area contributed by atoms with Crippen LogP contribution in [0.1, 0.15) is 38.8 Å². The van der Waals surface area contributed by atoms with Crippen molar-refractivity contribution in [2.24, 2.45) is 0 Å². The second kappa shape index (κ2) is 8.46. The molecule has 3 aromatic carbocycles. The van der Waals surface area contributed by atoms with Gasteiger partial charge in [0.2, 0.25) is 14.9 Å². The predicted molar refractivity (Wildman–Crippen MR) is 138 cm³/mol. The van der Waals surface area contributed by atoms with Gasteiger partial charge in [0.25, 0.3) is 0 Å². The molecule has 2 aromatic heterocycles. The third-order valence-corrected chi connectivity index (χ3v) is 7.80. The van der Waals surface area contributed by atoms with Crippen molar-refractivity contribution in [3.8, 4) is 0 Å². The van der Waals surface area contributed by atoms with Crippen LogP contribution in [0.25, 0.3) is 16.6 Å². The van der Waals surface area contributed by atoms with Gasteiger partial charge < -0.3 is 5.32 Å². The fraction of sp³-hybridized carbons (Fsp3) is 0.222. The summed E-state index contributed by atoms with van der Waals surface area (Å²) in [7, 11) is -3.94. The number of nitrogens with one attached hydrogen (secondary N) is 1. The highest BCUT2D eigenvalue weighted by molar-refractivity contribution is 7.91. The van der Waals surface area contributed by atoms with Crippen LogP contribution in [0.2, 0.25) is 0 Å². The van der Waals surface area contributed by atoms with Crippen LogP contribution in [0.3, 0.4) is 0 Å². The molecule has 0 unspecified atom stereocenters. The minimum absolute atomic E-state index is 0.0820. The van der Waals surface area contributed by atoms with Crippen molar-refractivity contribution in [2.75, 3.05) is 5.32 Å². The highest BCUT2D eigenvalue weighted by atomic mass is 32.2. The summed E-state index contributed by atoms with van der Waals surface area (Å²) in [6.45, 7) is 8.37. The van der Waals surface area contributed by atoms with Crippen molar-refractivity contribution in [2.45, 2.75) is 49.5 Å². The number of fused-ring (bicyclic) bond motifs is 3. The monoisotopic (exact) mass is 485 g/mol. The summed E-state index contributed by atoms with van der Waals surface area (Å²) in [5.41, 5.74) is 3.95. The lowest BCUT2D eigenvalue weighted by Crippen LogP contribution is -2.11. The van der Waals surface area contributed by atoms with Gasteiger partial charge in [0.1, 0.15) is 5.82 Å². The van der Waals surface area contributed by atoms with E-state index in [1.807, 2.05) is 48.5 Å². The van der Waals surface area contributed by atoms with E-state index in [0.717, 1.165) is 23.1 Å². The summed E-state index contributed by atoms with van der Waals surface area (Å²) in [4.78, 5) is 4.86.